The van der Waals surface area contributed by atoms with E-state index in [0.717, 1.165) is 13.1 Å². The van der Waals surface area contributed by atoms with Crippen LogP contribution in [0.2, 0.25) is 0 Å². The summed E-state index contributed by atoms with van der Waals surface area (Å²) in [5.41, 5.74) is 2.84. The van der Waals surface area contributed by atoms with Gasteiger partial charge in [-0.2, -0.15) is 0 Å². The molecule has 0 N–H and O–H groups in total. The van der Waals surface area contributed by atoms with Crippen LogP contribution in [0.15, 0.2) is 60.7 Å². The summed E-state index contributed by atoms with van der Waals surface area (Å²) in [6, 6.07) is 21.9. The molecule has 1 nitrogen and oxygen atoms in total. The second kappa shape index (κ2) is 18.0. The van der Waals surface area contributed by atoms with Crippen molar-refractivity contribution in [3.8, 4) is 0 Å². The summed E-state index contributed by atoms with van der Waals surface area (Å²) in [6.07, 6.45) is 19.9. The van der Waals surface area contributed by atoms with Crippen LogP contribution in [0.5, 0.6) is 0 Å². The van der Waals surface area contributed by atoms with E-state index in [4.69, 9.17) is 0 Å². The minimum Gasteiger partial charge on any atom is -0.295 e. The van der Waals surface area contributed by atoms with Crippen LogP contribution in [0.3, 0.4) is 0 Å². The van der Waals surface area contributed by atoms with Crippen LogP contribution in [0.25, 0.3) is 0 Å². The Labute approximate surface area is 193 Å². The van der Waals surface area contributed by atoms with Crippen LogP contribution in [-0.2, 0) is 13.1 Å². The Bertz CT molecular complexity index is 580. The normalized spacial score (nSPS) is 11.3. The minimum atomic E-state index is 1.05. The Morgan fingerprint density at radius 2 is 0.806 bits per heavy atom. The highest BCUT2D eigenvalue weighted by Crippen LogP contribution is 2.15. The molecule has 31 heavy (non-hydrogen) atoms. The van der Waals surface area contributed by atoms with Crippen LogP contribution in [0, 0.1) is 0 Å². The summed E-state index contributed by atoms with van der Waals surface area (Å²) in [7, 11) is 0. The van der Waals surface area contributed by atoms with E-state index in [9.17, 15) is 0 Å². The number of hydrogen-bond acceptors (Lipinski definition) is 1. The SMILES string of the molecule is CCCCCCCCCCCCCCCCN(Cc1ccccc1)Cc1ccccc1. The van der Waals surface area contributed by atoms with Gasteiger partial charge in [-0.3, -0.25) is 4.90 Å². The van der Waals surface area contributed by atoms with Crippen molar-refractivity contribution in [1.82, 2.24) is 4.90 Å². The average Bonchev–Trinajstić information content (AvgIpc) is 2.80. The zero-order chi connectivity index (χ0) is 21.8. The highest BCUT2D eigenvalue weighted by molar-refractivity contribution is 5.17. The summed E-state index contributed by atoms with van der Waals surface area (Å²) in [4.78, 5) is 2.62. The van der Waals surface area contributed by atoms with Crippen LogP contribution in [0.1, 0.15) is 108 Å². The largest absolute Gasteiger partial charge is 0.295 e. The third-order valence-corrected chi connectivity index (χ3v) is 6.33. The van der Waals surface area contributed by atoms with Gasteiger partial charge in [0.2, 0.25) is 0 Å². The van der Waals surface area contributed by atoms with Crippen LogP contribution in [0.4, 0.5) is 0 Å². The first kappa shape index (κ1) is 25.7. The molecule has 2 aromatic rings. The summed E-state index contributed by atoms with van der Waals surface area (Å²) in [6.45, 7) is 5.59. The van der Waals surface area contributed by atoms with Crippen molar-refractivity contribution in [2.24, 2.45) is 0 Å². The van der Waals surface area contributed by atoms with E-state index < -0.39 is 0 Å². The number of rotatable bonds is 19. The van der Waals surface area contributed by atoms with E-state index in [1.807, 2.05) is 0 Å². The van der Waals surface area contributed by atoms with Gasteiger partial charge in [0.1, 0.15) is 0 Å². The fraction of sp³-hybridized carbons (Fsp3) is 0.600. The second-order valence-corrected chi connectivity index (χ2v) is 9.28. The molecule has 0 heterocycles. The van der Waals surface area contributed by atoms with Crippen molar-refractivity contribution in [1.29, 1.82) is 0 Å². The van der Waals surface area contributed by atoms with Gasteiger partial charge in [-0.1, -0.05) is 151 Å². The van der Waals surface area contributed by atoms with E-state index in [-0.39, 0.29) is 0 Å². The second-order valence-electron chi connectivity index (χ2n) is 9.28. The molecule has 2 aromatic carbocycles. The van der Waals surface area contributed by atoms with Crippen molar-refractivity contribution in [3.63, 3.8) is 0 Å². The highest BCUT2D eigenvalue weighted by atomic mass is 15.1. The first-order valence-electron chi connectivity index (χ1n) is 13.2. The molecule has 2 rings (SSSR count). The molecule has 0 amide bonds. The maximum Gasteiger partial charge on any atom is 0.0237 e. The van der Waals surface area contributed by atoms with Crippen molar-refractivity contribution in [3.05, 3.63) is 71.8 Å². The van der Waals surface area contributed by atoms with Gasteiger partial charge >= 0.3 is 0 Å². The molecule has 0 unspecified atom stereocenters. The summed E-state index contributed by atoms with van der Waals surface area (Å²) in [5, 5.41) is 0. The molecule has 0 aliphatic carbocycles. The molecule has 0 aliphatic heterocycles. The minimum absolute atomic E-state index is 1.05. The van der Waals surface area contributed by atoms with Gasteiger partial charge in [0, 0.05) is 13.1 Å². The predicted molar refractivity (Wildman–Crippen MR) is 137 cm³/mol. The maximum atomic E-state index is 2.62. The van der Waals surface area contributed by atoms with Gasteiger partial charge in [0.05, 0.1) is 0 Å². The molecule has 0 saturated heterocycles. The standard InChI is InChI=1S/C30H47N/c1-2-3-4-5-6-7-8-9-10-11-12-13-14-21-26-31(27-29-22-17-15-18-23-29)28-30-24-19-16-20-25-30/h15-20,22-25H,2-14,21,26-28H2,1H3. The summed E-state index contributed by atoms with van der Waals surface area (Å²) in [5.74, 6) is 0. The Morgan fingerprint density at radius 1 is 0.452 bits per heavy atom. The van der Waals surface area contributed by atoms with Crippen LogP contribution < -0.4 is 0 Å². The zero-order valence-corrected chi connectivity index (χ0v) is 20.2. The molecule has 172 valence electrons. The van der Waals surface area contributed by atoms with Gasteiger partial charge < -0.3 is 0 Å². The molecule has 0 fully saturated rings. The molecule has 0 bridgehead atoms. The van der Waals surface area contributed by atoms with Crippen molar-refractivity contribution >= 4 is 0 Å². The van der Waals surface area contributed by atoms with Gasteiger partial charge in [0.15, 0.2) is 0 Å². The summed E-state index contributed by atoms with van der Waals surface area (Å²) < 4.78 is 0. The van der Waals surface area contributed by atoms with Crippen LogP contribution >= 0.6 is 0 Å². The fourth-order valence-corrected chi connectivity index (χ4v) is 4.43. The third kappa shape index (κ3) is 13.4. The Morgan fingerprint density at radius 3 is 1.19 bits per heavy atom. The first-order chi connectivity index (χ1) is 15.4. The monoisotopic (exact) mass is 421 g/mol. The smallest absolute Gasteiger partial charge is 0.0237 e. The van der Waals surface area contributed by atoms with Gasteiger partial charge in [-0.25, -0.2) is 0 Å². The predicted octanol–water partition coefficient (Wildman–Crippen LogP) is 9.17. The Hall–Kier alpha value is -1.60. The van der Waals surface area contributed by atoms with E-state index in [0.29, 0.717) is 0 Å². The third-order valence-electron chi connectivity index (χ3n) is 6.33. The maximum absolute atomic E-state index is 2.62. The average molecular weight is 422 g/mol. The summed E-state index contributed by atoms with van der Waals surface area (Å²) >= 11 is 0. The van der Waals surface area contributed by atoms with Gasteiger partial charge in [-0.15, -0.1) is 0 Å². The number of hydrogen-bond donors (Lipinski definition) is 0. The van der Waals surface area contributed by atoms with E-state index in [1.54, 1.807) is 0 Å². The fourth-order valence-electron chi connectivity index (χ4n) is 4.43. The number of unbranched alkanes of at least 4 members (excludes halogenated alkanes) is 13. The lowest BCUT2D eigenvalue weighted by Gasteiger charge is -2.22. The van der Waals surface area contributed by atoms with E-state index in [2.05, 4.69) is 72.5 Å². The lowest BCUT2D eigenvalue weighted by atomic mass is 10.0. The molecule has 0 saturated carbocycles. The van der Waals surface area contributed by atoms with E-state index in [1.165, 1.54) is 108 Å². The first-order valence-corrected chi connectivity index (χ1v) is 13.2. The molecule has 0 aliphatic rings. The quantitative estimate of drug-likeness (QED) is 0.204. The van der Waals surface area contributed by atoms with Crippen molar-refractivity contribution in [2.75, 3.05) is 6.54 Å². The van der Waals surface area contributed by atoms with Gasteiger partial charge in [0.25, 0.3) is 0 Å². The van der Waals surface area contributed by atoms with Crippen molar-refractivity contribution < 1.29 is 0 Å². The van der Waals surface area contributed by atoms with Crippen molar-refractivity contribution in [2.45, 2.75) is 110 Å². The lowest BCUT2D eigenvalue weighted by molar-refractivity contribution is 0.250. The number of nitrogens with zero attached hydrogens (tertiary/aromatic N) is 1. The molecule has 0 spiro atoms. The Kier molecular flexibility index (Phi) is 14.9. The molecule has 0 radical (unpaired) electrons. The number of benzene rings is 2. The zero-order valence-electron chi connectivity index (χ0n) is 20.2. The van der Waals surface area contributed by atoms with Gasteiger partial charge in [-0.05, 0) is 24.1 Å². The van der Waals surface area contributed by atoms with E-state index >= 15 is 0 Å². The Balaban J connectivity index is 1.52. The molecule has 0 atom stereocenters. The van der Waals surface area contributed by atoms with Crippen LogP contribution in [-0.4, -0.2) is 11.4 Å². The topological polar surface area (TPSA) is 3.24 Å². The molecule has 0 aromatic heterocycles. The molecular weight excluding hydrogens is 374 g/mol. The lowest BCUT2D eigenvalue weighted by Crippen LogP contribution is -2.24. The molecular formula is C30H47N. The highest BCUT2D eigenvalue weighted by Gasteiger charge is 2.07. The molecule has 1 heteroatoms.